The van der Waals surface area contributed by atoms with Gasteiger partial charge in [0.05, 0.1) is 18.3 Å². The largest absolute Gasteiger partial charge is 0.475 e. The second-order valence-electron chi connectivity index (χ2n) is 6.25. The zero-order valence-corrected chi connectivity index (χ0v) is 14.6. The van der Waals surface area contributed by atoms with E-state index in [0.717, 1.165) is 42.2 Å². The lowest BCUT2D eigenvalue weighted by Crippen LogP contribution is -2.47. The predicted molar refractivity (Wildman–Crippen MR) is 88.3 cm³/mol. The van der Waals surface area contributed by atoms with Crippen LogP contribution in [0.2, 0.25) is 0 Å². The SMILES string of the molecule is CCC(C)Sc1nsnc1OCCC1CN2CCC1CC2. The van der Waals surface area contributed by atoms with Crippen LogP contribution in [-0.2, 0) is 0 Å². The molecule has 0 aromatic carbocycles. The molecule has 3 saturated heterocycles. The van der Waals surface area contributed by atoms with Gasteiger partial charge in [0.2, 0.25) is 0 Å². The highest BCUT2D eigenvalue weighted by molar-refractivity contribution is 8.00. The van der Waals surface area contributed by atoms with Crippen molar-refractivity contribution in [2.24, 2.45) is 11.8 Å². The molecular formula is C15H25N3OS2. The molecule has 0 N–H and O–H groups in total. The molecule has 2 atom stereocenters. The normalized spacial score (nSPS) is 29.5. The monoisotopic (exact) mass is 327 g/mol. The van der Waals surface area contributed by atoms with Gasteiger partial charge < -0.3 is 9.64 Å². The third-order valence-electron chi connectivity index (χ3n) is 4.84. The highest BCUT2D eigenvalue weighted by Gasteiger charge is 2.33. The van der Waals surface area contributed by atoms with Gasteiger partial charge >= 0.3 is 0 Å². The van der Waals surface area contributed by atoms with Gasteiger partial charge in [-0.25, -0.2) is 0 Å². The van der Waals surface area contributed by atoms with Gasteiger partial charge in [0, 0.05) is 11.8 Å². The second kappa shape index (κ2) is 7.29. The maximum atomic E-state index is 5.93. The van der Waals surface area contributed by atoms with Gasteiger partial charge in [0.25, 0.3) is 5.88 Å². The molecular weight excluding hydrogens is 302 g/mol. The average molecular weight is 328 g/mol. The quantitative estimate of drug-likeness (QED) is 0.716. The predicted octanol–water partition coefficient (Wildman–Crippen LogP) is 3.54. The molecule has 1 aromatic heterocycles. The molecule has 2 bridgehead atoms. The van der Waals surface area contributed by atoms with E-state index >= 15 is 0 Å². The third kappa shape index (κ3) is 3.90. The highest BCUT2D eigenvalue weighted by atomic mass is 32.2. The first-order valence-corrected chi connectivity index (χ1v) is 9.71. The molecule has 0 radical (unpaired) electrons. The number of piperidine rings is 3. The lowest BCUT2D eigenvalue weighted by molar-refractivity contribution is 0.0392. The van der Waals surface area contributed by atoms with Crippen molar-refractivity contribution in [3.8, 4) is 5.88 Å². The van der Waals surface area contributed by atoms with Gasteiger partial charge in [-0.2, -0.15) is 4.37 Å². The first-order chi connectivity index (χ1) is 10.3. The van der Waals surface area contributed by atoms with E-state index < -0.39 is 0 Å². The Morgan fingerprint density at radius 3 is 2.86 bits per heavy atom. The van der Waals surface area contributed by atoms with Gasteiger partial charge in [-0.1, -0.05) is 25.6 Å². The van der Waals surface area contributed by atoms with Crippen LogP contribution in [0.25, 0.3) is 0 Å². The van der Waals surface area contributed by atoms with Crippen LogP contribution in [0.1, 0.15) is 39.5 Å². The molecule has 2 unspecified atom stereocenters. The summed E-state index contributed by atoms with van der Waals surface area (Å²) >= 11 is 3.04. The number of ether oxygens (including phenoxy) is 1. The molecule has 118 valence electrons. The minimum atomic E-state index is 0.568. The van der Waals surface area contributed by atoms with Crippen molar-refractivity contribution in [1.29, 1.82) is 0 Å². The smallest absolute Gasteiger partial charge is 0.260 e. The summed E-state index contributed by atoms with van der Waals surface area (Å²) in [6.07, 6.45) is 5.07. The lowest BCUT2D eigenvalue weighted by atomic mass is 9.78. The molecule has 6 heteroatoms. The number of hydrogen-bond donors (Lipinski definition) is 0. The summed E-state index contributed by atoms with van der Waals surface area (Å²) < 4.78 is 14.6. The summed E-state index contributed by atoms with van der Waals surface area (Å²) in [6.45, 7) is 9.11. The van der Waals surface area contributed by atoms with E-state index in [1.165, 1.54) is 44.2 Å². The van der Waals surface area contributed by atoms with E-state index in [1.807, 2.05) is 0 Å². The molecule has 0 aliphatic carbocycles. The van der Waals surface area contributed by atoms with Gasteiger partial charge in [-0.3, -0.25) is 0 Å². The number of nitrogens with zero attached hydrogens (tertiary/aromatic N) is 3. The Bertz CT molecular complexity index is 446. The maximum Gasteiger partial charge on any atom is 0.260 e. The number of aromatic nitrogens is 2. The van der Waals surface area contributed by atoms with Gasteiger partial charge in [0.1, 0.15) is 0 Å². The first-order valence-electron chi connectivity index (χ1n) is 8.10. The van der Waals surface area contributed by atoms with Crippen molar-refractivity contribution in [2.75, 3.05) is 26.2 Å². The Morgan fingerprint density at radius 1 is 1.38 bits per heavy atom. The number of rotatable bonds is 7. The molecule has 21 heavy (non-hydrogen) atoms. The van der Waals surface area contributed by atoms with E-state index in [0.29, 0.717) is 5.25 Å². The van der Waals surface area contributed by atoms with Crippen LogP contribution in [0.15, 0.2) is 5.03 Å². The van der Waals surface area contributed by atoms with E-state index in [1.54, 1.807) is 11.8 Å². The first kappa shape index (κ1) is 15.6. The molecule has 4 heterocycles. The Kier molecular flexibility index (Phi) is 5.40. The zero-order chi connectivity index (χ0) is 14.7. The van der Waals surface area contributed by atoms with Crippen molar-refractivity contribution in [3.05, 3.63) is 0 Å². The van der Waals surface area contributed by atoms with Crippen molar-refractivity contribution in [1.82, 2.24) is 13.6 Å². The fourth-order valence-corrected chi connectivity index (χ4v) is 4.82. The van der Waals surface area contributed by atoms with Gasteiger partial charge in [-0.05, 0) is 50.6 Å². The fourth-order valence-electron chi connectivity index (χ4n) is 3.33. The standard InChI is InChI=1S/C15H25N3OS2/c1-3-11(2)20-15-14(16-21-17-15)19-9-6-13-10-18-7-4-12(13)5-8-18/h11-13H,3-10H2,1-2H3. The highest BCUT2D eigenvalue weighted by Crippen LogP contribution is 2.35. The van der Waals surface area contributed by atoms with Crippen molar-refractivity contribution in [3.63, 3.8) is 0 Å². The molecule has 4 rings (SSSR count). The average Bonchev–Trinajstić information content (AvgIpc) is 2.95. The minimum Gasteiger partial charge on any atom is -0.475 e. The van der Waals surface area contributed by atoms with E-state index in [2.05, 4.69) is 27.5 Å². The van der Waals surface area contributed by atoms with E-state index in [9.17, 15) is 0 Å². The molecule has 4 nitrogen and oxygen atoms in total. The van der Waals surface area contributed by atoms with Crippen molar-refractivity contribution < 1.29 is 4.74 Å². The summed E-state index contributed by atoms with van der Waals surface area (Å²) in [5.41, 5.74) is 0. The van der Waals surface area contributed by atoms with Crippen molar-refractivity contribution in [2.45, 2.75) is 49.8 Å². The Labute approximate surface area is 136 Å². The molecule has 0 amide bonds. The van der Waals surface area contributed by atoms with Crippen LogP contribution >= 0.6 is 23.5 Å². The van der Waals surface area contributed by atoms with Crippen LogP contribution < -0.4 is 4.74 Å². The number of hydrogen-bond acceptors (Lipinski definition) is 6. The summed E-state index contributed by atoms with van der Waals surface area (Å²) in [7, 11) is 0. The van der Waals surface area contributed by atoms with Crippen LogP contribution in [0, 0.1) is 11.8 Å². The molecule has 3 fully saturated rings. The Morgan fingerprint density at radius 2 is 2.19 bits per heavy atom. The van der Waals surface area contributed by atoms with Crippen LogP contribution in [0.4, 0.5) is 0 Å². The minimum absolute atomic E-state index is 0.568. The Hall–Kier alpha value is -0.330. The molecule has 0 saturated carbocycles. The van der Waals surface area contributed by atoms with Gasteiger partial charge in [0.15, 0.2) is 5.03 Å². The summed E-state index contributed by atoms with van der Waals surface area (Å²) in [6, 6.07) is 0. The van der Waals surface area contributed by atoms with Crippen LogP contribution in [0.3, 0.4) is 0 Å². The van der Waals surface area contributed by atoms with E-state index in [4.69, 9.17) is 4.74 Å². The lowest BCUT2D eigenvalue weighted by Gasteiger charge is -2.44. The Balaban J connectivity index is 1.46. The molecule has 1 aromatic rings. The third-order valence-corrected chi connectivity index (χ3v) is 6.69. The summed E-state index contributed by atoms with van der Waals surface area (Å²) in [5, 5.41) is 1.54. The van der Waals surface area contributed by atoms with Gasteiger partial charge in [-0.15, -0.1) is 4.37 Å². The zero-order valence-electron chi connectivity index (χ0n) is 13.0. The topological polar surface area (TPSA) is 38.3 Å². The number of fused-ring (bicyclic) bond motifs is 3. The number of thioether (sulfide) groups is 1. The maximum absolute atomic E-state index is 5.93. The molecule has 0 spiro atoms. The molecule has 3 aliphatic rings. The second-order valence-corrected chi connectivity index (χ2v) is 8.20. The van der Waals surface area contributed by atoms with E-state index in [-0.39, 0.29) is 0 Å². The van der Waals surface area contributed by atoms with Crippen molar-refractivity contribution >= 4 is 23.5 Å². The van der Waals surface area contributed by atoms with Crippen LogP contribution in [-0.4, -0.2) is 45.1 Å². The fraction of sp³-hybridized carbons (Fsp3) is 0.867. The summed E-state index contributed by atoms with van der Waals surface area (Å²) in [5.74, 6) is 2.51. The molecule has 3 aliphatic heterocycles. The summed E-state index contributed by atoms with van der Waals surface area (Å²) in [4.78, 5) is 2.61. The van der Waals surface area contributed by atoms with Crippen LogP contribution in [0.5, 0.6) is 5.88 Å².